The van der Waals surface area contributed by atoms with Crippen molar-refractivity contribution in [2.75, 3.05) is 13.2 Å². The maximum Gasteiger partial charge on any atom is 0.306 e. The molecule has 0 rings (SSSR count). The zero-order valence-corrected chi connectivity index (χ0v) is 37.7. The standard InChI is InChI=1S/C53H84O6/c1-4-7-10-13-16-19-22-24-26-28-29-31-34-37-40-43-46-52(55)58-49-50(48-57-51(54)45-42-39-36-33-21-18-15-12-9-6-3)59-53(56)47-44-41-38-35-32-30-27-25-23-20-17-14-11-8-5-2/h7-8,10-11,14-20,23-27,29,31,50H,4-6,9,12-13,21-22,28,30,32-49H2,1-3H3/b10-7-,11-8-,17-14-,18-15-,19-16-,23-20-,26-24-,27-25-,31-29-. The molecule has 0 bridgehead atoms. The van der Waals surface area contributed by atoms with E-state index in [-0.39, 0.29) is 37.5 Å². The number of carbonyl (C=O) groups is 3. The lowest BCUT2D eigenvalue weighted by atomic mass is 10.1. The van der Waals surface area contributed by atoms with Crippen molar-refractivity contribution in [3.8, 4) is 0 Å². The lowest BCUT2D eigenvalue weighted by Gasteiger charge is -2.18. The van der Waals surface area contributed by atoms with E-state index < -0.39 is 6.10 Å². The summed E-state index contributed by atoms with van der Waals surface area (Å²) >= 11 is 0. The Morgan fingerprint density at radius 1 is 0.373 bits per heavy atom. The molecule has 0 aromatic rings. The number of rotatable bonds is 40. The third-order valence-electron chi connectivity index (χ3n) is 9.34. The Morgan fingerprint density at radius 3 is 1.27 bits per heavy atom. The van der Waals surface area contributed by atoms with Crippen LogP contribution in [0, 0.1) is 0 Å². The van der Waals surface area contributed by atoms with E-state index in [1.54, 1.807) is 0 Å². The molecule has 0 aliphatic rings. The van der Waals surface area contributed by atoms with Crippen LogP contribution in [0.25, 0.3) is 0 Å². The van der Waals surface area contributed by atoms with E-state index in [2.05, 4.69) is 106 Å². The monoisotopic (exact) mass is 817 g/mol. The quantitative estimate of drug-likeness (QED) is 0.0201. The van der Waals surface area contributed by atoms with E-state index in [9.17, 15) is 14.4 Å². The van der Waals surface area contributed by atoms with Gasteiger partial charge in [0.05, 0.1) is 0 Å². The molecule has 0 aliphatic carbocycles. The number of esters is 3. The first-order valence-electron chi connectivity index (χ1n) is 23.4. The highest BCUT2D eigenvalue weighted by Gasteiger charge is 2.19. The van der Waals surface area contributed by atoms with E-state index in [1.807, 2.05) is 24.3 Å². The summed E-state index contributed by atoms with van der Waals surface area (Å²) in [6.07, 6.45) is 62.1. The number of unbranched alkanes of at least 4 members (excludes halogenated alkanes) is 14. The molecule has 0 saturated carbocycles. The van der Waals surface area contributed by atoms with Crippen LogP contribution in [0.4, 0.5) is 0 Å². The minimum Gasteiger partial charge on any atom is -0.462 e. The average Bonchev–Trinajstić information content (AvgIpc) is 3.23. The van der Waals surface area contributed by atoms with Gasteiger partial charge in [0.15, 0.2) is 6.10 Å². The highest BCUT2D eigenvalue weighted by Crippen LogP contribution is 2.12. The molecule has 0 aromatic heterocycles. The van der Waals surface area contributed by atoms with Crippen LogP contribution < -0.4 is 0 Å². The van der Waals surface area contributed by atoms with Crippen molar-refractivity contribution in [2.45, 2.75) is 194 Å². The molecular weight excluding hydrogens is 733 g/mol. The van der Waals surface area contributed by atoms with Crippen molar-refractivity contribution in [1.82, 2.24) is 0 Å². The summed E-state index contributed by atoms with van der Waals surface area (Å²) in [7, 11) is 0. The van der Waals surface area contributed by atoms with Crippen molar-refractivity contribution < 1.29 is 28.6 Å². The second kappa shape index (κ2) is 46.8. The maximum absolute atomic E-state index is 12.7. The first-order chi connectivity index (χ1) is 29.0. The molecule has 0 N–H and O–H groups in total. The van der Waals surface area contributed by atoms with Crippen LogP contribution in [0.1, 0.15) is 188 Å². The number of hydrogen-bond donors (Lipinski definition) is 0. The molecule has 59 heavy (non-hydrogen) atoms. The average molecular weight is 817 g/mol. The summed E-state index contributed by atoms with van der Waals surface area (Å²) in [5.74, 6) is -0.987. The Hall–Kier alpha value is -3.93. The largest absolute Gasteiger partial charge is 0.462 e. The third kappa shape index (κ3) is 45.0. The predicted molar refractivity (Wildman–Crippen MR) is 251 cm³/mol. The van der Waals surface area contributed by atoms with Crippen molar-refractivity contribution in [1.29, 1.82) is 0 Å². The van der Waals surface area contributed by atoms with E-state index in [1.165, 1.54) is 12.8 Å². The smallest absolute Gasteiger partial charge is 0.306 e. The van der Waals surface area contributed by atoms with Gasteiger partial charge in [-0.25, -0.2) is 0 Å². The fourth-order valence-corrected chi connectivity index (χ4v) is 5.83. The molecular formula is C53H84O6. The van der Waals surface area contributed by atoms with Crippen LogP contribution in [-0.4, -0.2) is 37.2 Å². The number of hydrogen-bond acceptors (Lipinski definition) is 6. The number of allylic oxidation sites excluding steroid dienone is 18. The lowest BCUT2D eigenvalue weighted by molar-refractivity contribution is -0.167. The maximum atomic E-state index is 12.7. The van der Waals surface area contributed by atoms with Crippen LogP contribution in [-0.2, 0) is 28.6 Å². The summed E-state index contributed by atoms with van der Waals surface area (Å²) in [6.45, 7) is 6.25. The number of carbonyl (C=O) groups excluding carboxylic acids is 3. The summed E-state index contributed by atoms with van der Waals surface area (Å²) in [6, 6.07) is 0. The van der Waals surface area contributed by atoms with Crippen LogP contribution in [0.3, 0.4) is 0 Å². The van der Waals surface area contributed by atoms with Crippen LogP contribution >= 0.6 is 0 Å². The Balaban J connectivity index is 4.51. The minimum absolute atomic E-state index is 0.107. The molecule has 0 saturated heterocycles. The van der Waals surface area contributed by atoms with Gasteiger partial charge in [-0.3, -0.25) is 14.4 Å². The zero-order chi connectivity index (χ0) is 43.0. The molecule has 0 aromatic carbocycles. The molecule has 0 heterocycles. The molecule has 0 aliphatic heterocycles. The van der Waals surface area contributed by atoms with Gasteiger partial charge in [-0.1, -0.05) is 182 Å². The Morgan fingerprint density at radius 2 is 0.746 bits per heavy atom. The van der Waals surface area contributed by atoms with Crippen LogP contribution in [0.15, 0.2) is 109 Å². The summed E-state index contributed by atoms with van der Waals surface area (Å²) in [5.41, 5.74) is 0. The molecule has 6 heteroatoms. The van der Waals surface area contributed by atoms with Gasteiger partial charge in [0.2, 0.25) is 0 Å². The van der Waals surface area contributed by atoms with Gasteiger partial charge < -0.3 is 14.2 Å². The van der Waals surface area contributed by atoms with E-state index in [0.29, 0.717) is 12.8 Å². The molecule has 332 valence electrons. The molecule has 1 unspecified atom stereocenters. The van der Waals surface area contributed by atoms with E-state index in [4.69, 9.17) is 14.2 Å². The Labute approximate surface area is 361 Å². The lowest BCUT2D eigenvalue weighted by Crippen LogP contribution is -2.30. The van der Waals surface area contributed by atoms with Gasteiger partial charge >= 0.3 is 17.9 Å². The molecule has 0 radical (unpaired) electrons. The van der Waals surface area contributed by atoms with Gasteiger partial charge in [-0.05, 0) is 96.3 Å². The first-order valence-corrected chi connectivity index (χ1v) is 23.4. The Bertz CT molecular complexity index is 1260. The minimum atomic E-state index is -0.808. The zero-order valence-electron chi connectivity index (χ0n) is 37.7. The third-order valence-corrected chi connectivity index (χ3v) is 9.34. The van der Waals surface area contributed by atoms with Crippen LogP contribution in [0.5, 0.6) is 0 Å². The SMILES string of the molecule is CC\C=C/C=C\C=C/C=C\CCCCCCCC(=O)OC(COC(=O)CCCCC/C=C\C/C=C\C/C=C\C/C=C\CC)COC(=O)CCCCCC/C=C\CCCC. The van der Waals surface area contributed by atoms with E-state index in [0.717, 1.165) is 135 Å². The van der Waals surface area contributed by atoms with Gasteiger partial charge in [-0.2, -0.15) is 0 Å². The van der Waals surface area contributed by atoms with Crippen LogP contribution in [0.2, 0.25) is 0 Å². The van der Waals surface area contributed by atoms with Gasteiger partial charge in [-0.15, -0.1) is 0 Å². The highest BCUT2D eigenvalue weighted by molar-refractivity contribution is 5.71. The summed E-state index contributed by atoms with van der Waals surface area (Å²) < 4.78 is 16.7. The summed E-state index contributed by atoms with van der Waals surface area (Å²) in [4.78, 5) is 37.8. The topological polar surface area (TPSA) is 78.9 Å². The van der Waals surface area contributed by atoms with Crippen molar-refractivity contribution in [3.05, 3.63) is 109 Å². The highest BCUT2D eigenvalue weighted by atomic mass is 16.6. The molecule has 0 amide bonds. The molecule has 1 atom stereocenters. The number of ether oxygens (including phenoxy) is 3. The second-order valence-corrected chi connectivity index (χ2v) is 15.0. The normalized spacial score (nSPS) is 13.1. The molecule has 6 nitrogen and oxygen atoms in total. The summed E-state index contributed by atoms with van der Waals surface area (Å²) in [5, 5.41) is 0. The first kappa shape index (κ1) is 55.1. The fourth-order valence-electron chi connectivity index (χ4n) is 5.83. The van der Waals surface area contributed by atoms with Crippen molar-refractivity contribution in [3.63, 3.8) is 0 Å². The molecule has 0 spiro atoms. The Kier molecular flexibility index (Phi) is 43.6. The van der Waals surface area contributed by atoms with E-state index >= 15 is 0 Å². The van der Waals surface area contributed by atoms with Gasteiger partial charge in [0.1, 0.15) is 13.2 Å². The fraction of sp³-hybridized carbons (Fsp3) is 0.604. The molecule has 0 fully saturated rings. The second-order valence-electron chi connectivity index (χ2n) is 15.0. The van der Waals surface area contributed by atoms with Gasteiger partial charge in [0.25, 0.3) is 0 Å². The predicted octanol–water partition coefficient (Wildman–Crippen LogP) is 15.2. The van der Waals surface area contributed by atoms with Crippen molar-refractivity contribution >= 4 is 17.9 Å². The van der Waals surface area contributed by atoms with Crippen molar-refractivity contribution in [2.24, 2.45) is 0 Å². The van der Waals surface area contributed by atoms with Gasteiger partial charge in [0, 0.05) is 19.3 Å².